The maximum absolute atomic E-state index is 11.2. The molecular formula is C15H26N2O6. The van der Waals surface area contributed by atoms with E-state index in [0.29, 0.717) is 24.3 Å². The van der Waals surface area contributed by atoms with E-state index in [1.54, 1.807) is 26.0 Å². The number of nitro benzene ring substituents is 1. The third-order valence-electron chi connectivity index (χ3n) is 2.21. The standard InChI is InChI=1S/C9H10N2O3.C4H10O2.C2H6O/c1-6-3-4-7(9(12)10-2)5-8(6)11(13)14;1-3-5-6-4-2;1-2-3/h3-5H,1-2H3,(H,10,12);3-4H2,1-2H3;3H,2H2,1H3. The zero-order valence-electron chi connectivity index (χ0n) is 14.3. The number of aliphatic hydroxyl groups is 1. The molecule has 0 saturated carbocycles. The number of amides is 1. The number of carbonyl (C=O) groups is 1. The number of carbonyl (C=O) groups excluding carboxylic acids is 1. The van der Waals surface area contributed by atoms with Crippen LogP contribution in [0.25, 0.3) is 0 Å². The van der Waals surface area contributed by atoms with Crippen molar-refractivity contribution in [2.75, 3.05) is 26.9 Å². The number of aryl methyl sites for hydroxylation is 1. The second-order valence-corrected chi connectivity index (χ2v) is 3.97. The molecule has 0 bridgehead atoms. The van der Waals surface area contributed by atoms with Crippen LogP contribution in [0.3, 0.4) is 0 Å². The molecule has 0 saturated heterocycles. The molecule has 0 radical (unpaired) electrons. The molecule has 2 N–H and O–H groups in total. The number of benzene rings is 1. The summed E-state index contributed by atoms with van der Waals surface area (Å²) >= 11 is 0. The van der Waals surface area contributed by atoms with E-state index in [-0.39, 0.29) is 18.2 Å². The van der Waals surface area contributed by atoms with Gasteiger partial charge >= 0.3 is 0 Å². The highest BCUT2D eigenvalue weighted by molar-refractivity contribution is 5.94. The monoisotopic (exact) mass is 330 g/mol. The van der Waals surface area contributed by atoms with Crippen molar-refractivity contribution in [1.82, 2.24) is 5.32 Å². The van der Waals surface area contributed by atoms with E-state index in [4.69, 9.17) is 5.11 Å². The predicted molar refractivity (Wildman–Crippen MR) is 87.2 cm³/mol. The number of nitrogens with one attached hydrogen (secondary N) is 1. The SMILES string of the molecule is CCO.CCOOCC.CNC(=O)c1ccc(C)c([N+](=O)[O-])c1. The fourth-order valence-electron chi connectivity index (χ4n) is 1.26. The molecule has 0 spiro atoms. The molecule has 1 aromatic rings. The lowest BCUT2D eigenvalue weighted by atomic mass is 10.1. The first-order chi connectivity index (χ1) is 10.9. The van der Waals surface area contributed by atoms with Crippen molar-refractivity contribution >= 4 is 11.6 Å². The van der Waals surface area contributed by atoms with Crippen LogP contribution in [-0.2, 0) is 9.78 Å². The van der Waals surface area contributed by atoms with Crippen LogP contribution in [-0.4, -0.2) is 42.8 Å². The summed E-state index contributed by atoms with van der Waals surface area (Å²) in [5.41, 5.74) is 0.804. The molecule has 0 aliphatic heterocycles. The molecule has 8 heteroatoms. The first-order valence-electron chi connectivity index (χ1n) is 7.21. The highest BCUT2D eigenvalue weighted by Gasteiger charge is 2.13. The number of nitro groups is 1. The summed E-state index contributed by atoms with van der Waals surface area (Å²) < 4.78 is 0. The van der Waals surface area contributed by atoms with E-state index in [9.17, 15) is 14.9 Å². The minimum Gasteiger partial charge on any atom is -0.397 e. The van der Waals surface area contributed by atoms with Gasteiger partial charge in [-0.3, -0.25) is 14.9 Å². The molecule has 0 atom stereocenters. The lowest BCUT2D eigenvalue weighted by molar-refractivity contribution is -0.385. The van der Waals surface area contributed by atoms with Gasteiger partial charge in [0.25, 0.3) is 11.6 Å². The number of rotatable bonds is 5. The van der Waals surface area contributed by atoms with Crippen LogP contribution in [0.1, 0.15) is 36.7 Å². The molecule has 1 aromatic carbocycles. The highest BCUT2D eigenvalue weighted by atomic mass is 17.2. The van der Waals surface area contributed by atoms with Crippen LogP contribution in [0, 0.1) is 17.0 Å². The van der Waals surface area contributed by atoms with E-state index in [1.165, 1.54) is 13.1 Å². The van der Waals surface area contributed by atoms with Gasteiger partial charge < -0.3 is 10.4 Å². The van der Waals surface area contributed by atoms with Crippen molar-refractivity contribution in [2.24, 2.45) is 0 Å². The van der Waals surface area contributed by atoms with Crippen molar-refractivity contribution in [2.45, 2.75) is 27.7 Å². The average molecular weight is 330 g/mol. The maximum Gasteiger partial charge on any atom is 0.273 e. The van der Waals surface area contributed by atoms with Gasteiger partial charge in [0.05, 0.1) is 18.1 Å². The second-order valence-electron chi connectivity index (χ2n) is 3.97. The van der Waals surface area contributed by atoms with E-state index in [1.807, 2.05) is 13.8 Å². The highest BCUT2D eigenvalue weighted by Crippen LogP contribution is 2.18. The first-order valence-corrected chi connectivity index (χ1v) is 7.21. The Kier molecular flexibility index (Phi) is 15.0. The zero-order chi connectivity index (χ0) is 18.3. The summed E-state index contributed by atoms with van der Waals surface area (Å²) in [7, 11) is 1.48. The lowest BCUT2D eigenvalue weighted by Gasteiger charge is -2.01. The molecule has 1 rings (SSSR count). The van der Waals surface area contributed by atoms with Crippen molar-refractivity contribution in [3.63, 3.8) is 0 Å². The van der Waals surface area contributed by atoms with E-state index < -0.39 is 4.92 Å². The number of hydrogen-bond acceptors (Lipinski definition) is 6. The molecule has 0 aromatic heterocycles. The van der Waals surface area contributed by atoms with Crippen LogP contribution in [0.2, 0.25) is 0 Å². The summed E-state index contributed by atoms with van der Waals surface area (Å²) in [4.78, 5) is 30.2. The molecule has 0 unspecified atom stereocenters. The first kappa shape index (κ1) is 23.2. The van der Waals surface area contributed by atoms with Gasteiger partial charge in [0.15, 0.2) is 0 Å². The lowest BCUT2D eigenvalue weighted by Crippen LogP contribution is -2.17. The Hall–Kier alpha value is -2.03. The van der Waals surface area contributed by atoms with Gasteiger partial charge in [-0.05, 0) is 33.8 Å². The Morgan fingerprint density at radius 1 is 1.26 bits per heavy atom. The van der Waals surface area contributed by atoms with Gasteiger partial charge in [0.2, 0.25) is 0 Å². The van der Waals surface area contributed by atoms with Crippen molar-refractivity contribution in [1.29, 1.82) is 0 Å². The third kappa shape index (κ3) is 11.2. The number of nitrogens with zero attached hydrogens (tertiary/aromatic N) is 1. The molecular weight excluding hydrogens is 304 g/mol. The summed E-state index contributed by atoms with van der Waals surface area (Å²) in [6, 6.07) is 4.39. The van der Waals surface area contributed by atoms with E-state index >= 15 is 0 Å². The van der Waals surface area contributed by atoms with Crippen LogP contribution in [0.15, 0.2) is 18.2 Å². The third-order valence-corrected chi connectivity index (χ3v) is 2.21. The van der Waals surface area contributed by atoms with Gasteiger partial charge in [0.1, 0.15) is 0 Å². The Bertz CT molecular complexity index is 461. The van der Waals surface area contributed by atoms with Gasteiger partial charge in [-0.25, -0.2) is 9.78 Å². The van der Waals surface area contributed by atoms with Crippen LogP contribution in [0.5, 0.6) is 0 Å². The van der Waals surface area contributed by atoms with Gasteiger partial charge in [0, 0.05) is 30.8 Å². The zero-order valence-corrected chi connectivity index (χ0v) is 14.3. The minimum atomic E-state index is -0.498. The number of aliphatic hydroxyl groups excluding tert-OH is 1. The maximum atomic E-state index is 11.2. The Labute approximate surface area is 136 Å². The molecule has 0 aliphatic rings. The smallest absolute Gasteiger partial charge is 0.273 e. The molecule has 1 amide bonds. The van der Waals surface area contributed by atoms with Crippen molar-refractivity contribution in [3.8, 4) is 0 Å². The van der Waals surface area contributed by atoms with Crippen LogP contribution in [0.4, 0.5) is 5.69 Å². The summed E-state index contributed by atoms with van der Waals surface area (Å²) in [5.74, 6) is -0.326. The van der Waals surface area contributed by atoms with Gasteiger partial charge in [-0.2, -0.15) is 0 Å². The van der Waals surface area contributed by atoms with E-state index in [2.05, 4.69) is 15.1 Å². The fraction of sp³-hybridized carbons (Fsp3) is 0.533. The second kappa shape index (κ2) is 14.9. The topological polar surface area (TPSA) is 111 Å². The Morgan fingerprint density at radius 3 is 2.09 bits per heavy atom. The average Bonchev–Trinajstić information content (AvgIpc) is 2.53. The van der Waals surface area contributed by atoms with Crippen molar-refractivity contribution < 1.29 is 24.6 Å². The van der Waals surface area contributed by atoms with Gasteiger partial charge in [-0.15, -0.1) is 0 Å². The molecule has 8 nitrogen and oxygen atoms in total. The quantitative estimate of drug-likeness (QED) is 0.371. The van der Waals surface area contributed by atoms with Crippen LogP contribution < -0.4 is 5.32 Å². The van der Waals surface area contributed by atoms with Crippen LogP contribution >= 0.6 is 0 Å². The molecule has 23 heavy (non-hydrogen) atoms. The summed E-state index contributed by atoms with van der Waals surface area (Å²) in [5, 5.41) is 20.5. The molecule has 0 fully saturated rings. The predicted octanol–water partition coefficient (Wildman–Crippen LogP) is 2.24. The fourth-order valence-corrected chi connectivity index (χ4v) is 1.26. The molecule has 0 aliphatic carbocycles. The molecule has 0 heterocycles. The van der Waals surface area contributed by atoms with Crippen molar-refractivity contribution in [3.05, 3.63) is 39.4 Å². The summed E-state index contributed by atoms with van der Waals surface area (Å²) in [6.45, 7) is 8.60. The summed E-state index contributed by atoms with van der Waals surface area (Å²) in [6.07, 6.45) is 0. The minimum absolute atomic E-state index is 0.0360. The van der Waals surface area contributed by atoms with Gasteiger partial charge in [-0.1, -0.05) is 6.07 Å². The normalized spacial score (nSPS) is 8.96. The Morgan fingerprint density at radius 2 is 1.74 bits per heavy atom. The van der Waals surface area contributed by atoms with E-state index in [0.717, 1.165) is 0 Å². The Balaban J connectivity index is 0. The largest absolute Gasteiger partial charge is 0.397 e. The number of hydrogen-bond donors (Lipinski definition) is 2. The molecule has 132 valence electrons.